The van der Waals surface area contributed by atoms with Gasteiger partial charge >= 0.3 is 11.6 Å². The normalized spacial score (nSPS) is 6.38. The first-order valence-electron chi connectivity index (χ1n) is 1.64. The third-order valence-electron chi connectivity index (χ3n) is 0.439. The summed E-state index contributed by atoms with van der Waals surface area (Å²) < 4.78 is 0. The lowest BCUT2D eigenvalue weighted by Gasteiger charge is -1.68. The molecule has 0 aromatic heterocycles. The quantitative estimate of drug-likeness (QED) is 0.256. The zero-order valence-electron chi connectivity index (χ0n) is 3.83. The molecule has 0 radical (unpaired) electrons. The van der Waals surface area contributed by atoms with Crippen LogP contribution in [0.1, 0.15) is 0 Å². The largest absolute Gasteiger partial charge is 0.455 e. The monoisotopic (exact) mass is 110 g/mol. The molecule has 0 heterocycles. The van der Waals surface area contributed by atoms with E-state index in [9.17, 15) is 4.79 Å². The maximum Gasteiger partial charge on any atom is 0.455 e. The number of carbonyl (C=O) groups is 1. The topological polar surface area (TPSA) is 103 Å². The van der Waals surface area contributed by atoms with Gasteiger partial charge in [-0.05, 0) is 0 Å². The first-order valence-corrected chi connectivity index (χ1v) is 1.64. The molecule has 0 fully saturated rings. The molecule has 0 atom stereocenters. The fourth-order valence-corrected chi connectivity index (χ4v) is 0.127. The second-order valence-electron chi connectivity index (χ2n) is 0.925. The van der Waals surface area contributed by atoms with Crippen LogP contribution in [-0.4, -0.2) is 16.4 Å². The van der Waals surface area contributed by atoms with Gasteiger partial charge in [-0.1, -0.05) is 0 Å². The molecule has 0 aromatic carbocycles. The molecule has 8 heavy (non-hydrogen) atoms. The molecule has 0 aliphatic rings. The number of amides is 1. The summed E-state index contributed by atoms with van der Waals surface area (Å²) in [6.45, 7) is 0. The van der Waals surface area contributed by atoms with Gasteiger partial charge in [-0.15, -0.1) is 4.79 Å². The molecular weight excluding hydrogens is 108 g/mol. The Morgan fingerprint density at radius 2 is 2.38 bits per heavy atom. The molecule has 0 bridgehead atoms. The van der Waals surface area contributed by atoms with Gasteiger partial charge < -0.3 is 11.3 Å². The van der Waals surface area contributed by atoms with Crippen LogP contribution in [0.5, 0.6) is 0 Å². The van der Waals surface area contributed by atoms with Crippen molar-refractivity contribution in [1.82, 2.24) is 0 Å². The molecule has 0 aromatic rings. The molecule has 2 N–H and O–H groups in total. The summed E-state index contributed by atoms with van der Waals surface area (Å²) in [5.41, 5.74) is 11.6. The van der Waals surface area contributed by atoms with Crippen LogP contribution in [0.25, 0.3) is 5.53 Å². The SMILES string of the molecule is N#CC(=[N+]=[N-])C(N)=O. The average Bonchev–Trinajstić information content (AvgIpc) is 1.69. The van der Waals surface area contributed by atoms with E-state index in [1.54, 1.807) is 0 Å². The minimum atomic E-state index is -1.03. The number of hydrogen-bond acceptors (Lipinski definition) is 2. The highest BCUT2D eigenvalue weighted by atomic mass is 16.1. The van der Waals surface area contributed by atoms with E-state index < -0.39 is 11.6 Å². The molecule has 0 saturated carbocycles. The first kappa shape index (κ1) is 6.34. The molecule has 0 rings (SSSR count). The third kappa shape index (κ3) is 1.20. The lowest BCUT2D eigenvalue weighted by molar-refractivity contribution is -0.115. The minimum absolute atomic E-state index is 0.690. The Morgan fingerprint density at radius 1 is 1.88 bits per heavy atom. The van der Waals surface area contributed by atoms with Crippen molar-refractivity contribution in [2.24, 2.45) is 5.73 Å². The second-order valence-corrected chi connectivity index (χ2v) is 0.925. The van der Waals surface area contributed by atoms with Gasteiger partial charge in [0.15, 0.2) is 6.07 Å². The predicted molar refractivity (Wildman–Crippen MR) is 23.4 cm³/mol. The summed E-state index contributed by atoms with van der Waals surface area (Å²) >= 11 is 0. The summed E-state index contributed by atoms with van der Waals surface area (Å²) in [5, 5.41) is 7.85. The summed E-state index contributed by atoms with van der Waals surface area (Å²) in [5.74, 6) is -1.03. The standard InChI is InChI=1S/C3H2N4O/c4-1-2(7-6)3(5)8/h(H2,5,8). The smallest absolute Gasteiger partial charge is 0.360 e. The number of nitriles is 1. The summed E-state index contributed by atoms with van der Waals surface area (Å²) in [4.78, 5) is 12.2. The van der Waals surface area contributed by atoms with Crippen molar-refractivity contribution in [2.75, 3.05) is 0 Å². The fraction of sp³-hybridized carbons (Fsp3) is 0. The van der Waals surface area contributed by atoms with Crippen LogP contribution in [0.2, 0.25) is 0 Å². The molecule has 0 aliphatic carbocycles. The van der Waals surface area contributed by atoms with E-state index in [0.29, 0.717) is 0 Å². The highest BCUT2D eigenvalue weighted by Crippen LogP contribution is 1.60. The Kier molecular flexibility index (Phi) is 1.98. The van der Waals surface area contributed by atoms with Crippen molar-refractivity contribution < 1.29 is 9.58 Å². The van der Waals surface area contributed by atoms with Crippen LogP contribution < -0.4 is 5.73 Å². The van der Waals surface area contributed by atoms with Gasteiger partial charge in [-0.3, -0.25) is 4.79 Å². The number of nitrogens with zero attached hydrogens (tertiary/aromatic N) is 3. The zero-order valence-corrected chi connectivity index (χ0v) is 3.83. The van der Waals surface area contributed by atoms with Gasteiger partial charge in [0, 0.05) is 0 Å². The molecule has 0 unspecified atom stereocenters. The van der Waals surface area contributed by atoms with Crippen LogP contribution in [0, 0.1) is 11.3 Å². The molecule has 5 heteroatoms. The lowest BCUT2D eigenvalue weighted by Crippen LogP contribution is -2.22. The van der Waals surface area contributed by atoms with Crippen molar-refractivity contribution in [3.05, 3.63) is 5.53 Å². The lowest BCUT2D eigenvalue weighted by atomic mass is 10.4. The van der Waals surface area contributed by atoms with Gasteiger partial charge in [0.1, 0.15) is 0 Å². The van der Waals surface area contributed by atoms with Crippen LogP contribution in [0.4, 0.5) is 0 Å². The van der Waals surface area contributed by atoms with Crippen LogP contribution in [0.3, 0.4) is 0 Å². The maximum atomic E-state index is 9.87. The number of primary amides is 1. The molecule has 1 amide bonds. The third-order valence-corrected chi connectivity index (χ3v) is 0.439. The van der Waals surface area contributed by atoms with Gasteiger partial charge in [0.2, 0.25) is 0 Å². The number of nitrogens with two attached hydrogens (primary N) is 1. The van der Waals surface area contributed by atoms with E-state index in [0.717, 1.165) is 0 Å². The molecule has 40 valence electrons. The molecule has 5 nitrogen and oxygen atoms in total. The highest BCUT2D eigenvalue weighted by molar-refractivity contribution is 6.42. The highest BCUT2D eigenvalue weighted by Gasteiger charge is 2.12. The van der Waals surface area contributed by atoms with Gasteiger partial charge in [-0.2, -0.15) is 5.26 Å². The fourth-order valence-electron chi connectivity index (χ4n) is 0.127. The van der Waals surface area contributed by atoms with Gasteiger partial charge in [-0.25, -0.2) is 0 Å². The van der Waals surface area contributed by atoms with Crippen molar-refractivity contribution >= 4 is 11.6 Å². The van der Waals surface area contributed by atoms with Gasteiger partial charge in [0.05, 0.1) is 0 Å². The van der Waals surface area contributed by atoms with Crippen LogP contribution in [-0.2, 0) is 4.79 Å². The number of carbonyl (C=O) groups excluding carboxylic acids is 1. The van der Waals surface area contributed by atoms with Gasteiger partial charge in [0.25, 0.3) is 0 Å². The summed E-state index contributed by atoms with van der Waals surface area (Å²) in [7, 11) is 0. The van der Waals surface area contributed by atoms with Crippen molar-refractivity contribution in [1.29, 1.82) is 5.26 Å². The van der Waals surface area contributed by atoms with E-state index in [1.807, 2.05) is 0 Å². The Balaban J connectivity index is 4.46. The van der Waals surface area contributed by atoms with Crippen LogP contribution in [0.15, 0.2) is 0 Å². The average molecular weight is 110 g/mol. The number of hydrogen-bond donors (Lipinski definition) is 1. The second kappa shape index (κ2) is 2.50. The Labute approximate surface area is 44.9 Å². The number of rotatable bonds is 1. The Morgan fingerprint density at radius 3 is 2.38 bits per heavy atom. The predicted octanol–water partition coefficient (Wildman–Crippen LogP) is -1.33. The molecule has 0 aliphatic heterocycles. The summed E-state index contributed by atoms with van der Waals surface area (Å²) in [6, 6.07) is 1.28. The molecule has 0 saturated heterocycles. The Hall–Kier alpha value is -1.66. The van der Waals surface area contributed by atoms with E-state index >= 15 is 0 Å². The van der Waals surface area contributed by atoms with Crippen molar-refractivity contribution in [3.8, 4) is 6.07 Å². The van der Waals surface area contributed by atoms with E-state index in [2.05, 4.69) is 10.5 Å². The minimum Gasteiger partial charge on any atom is -0.360 e. The first-order chi connectivity index (χ1) is 3.72. The Bertz CT molecular complexity index is 194. The van der Waals surface area contributed by atoms with E-state index in [1.165, 1.54) is 6.07 Å². The molecular formula is C3H2N4O. The van der Waals surface area contributed by atoms with Crippen molar-refractivity contribution in [2.45, 2.75) is 0 Å². The van der Waals surface area contributed by atoms with Crippen molar-refractivity contribution in [3.63, 3.8) is 0 Å². The maximum absolute atomic E-state index is 9.87. The molecule has 0 spiro atoms. The van der Waals surface area contributed by atoms with Crippen LogP contribution >= 0.6 is 0 Å². The van der Waals surface area contributed by atoms with E-state index in [4.69, 9.17) is 10.8 Å². The zero-order chi connectivity index (χ0) is 6.57. The summed E-state index contributed by atoms with van der Waals surface area (Å²) in [6.07, 6.45) is 0. The van der Waals surface area contributed by atoms with E-state index in [-0.39, 0.29) is 0 Å².